The van der Waals surface area contributed by atoms with Gasteiger partial charge in [-0.2, -0.15) is 15.1 Å². The molecule has 1 fully saturated rings. The molecule has 3 rings (SSSR count). The Balaban J connectivity index is 1.72. The summed E-state index contributed by atoms with van der Waals surface area (Å²) >= 11 is 5.88. The molecule has 0 saturated heterocycles. The van der Waals surface area contributed by atoms with Crippen molar-refractivity contribution in [2.24, 2.45) is 5.92 Å². The van der Waals surface area contributed by atoms with Gasteiger partial charge in [0.15, 0.2) is 5.65 Å². The zero-order valence-electron chi connectivity index (χ0n) is 10.4. The van der Waals surface area contributed by atoms with Crippen LogP contribution in [-0.4, -0.2) is 37.9 Å². The van der Waals surface area contributed by atoms with E-state index in [0.29, 0.717) is 17.4 Å². The van der Waals surface area contributed by atoms with E-state index in [9.17, 15) is 5.11 Å². The molecule has 19 heavy (non-hydrogen) atoms. The van der Waals surface area contributed by atoms with Crippen LogP contribution in [-0.2, 0) is 0 Å². The van der Waals surface area contributed by atoms with Crippen LogP contribution in [0.3, 0.4) is 0 Å². The minimum Gasteiger partial charge on any atom is -0.393 e. The van der Waals surface area contributed by atoms with Crippen molar-refractivity contribution in [2.45, 2.75) is 31.8 Å². The molecule has 6 nitrogen and oxygen atoms in total. The standard InChI is InChI=1S/C12H16ClN5O/c13-12-16-10(9-6-15-18-11(9)17-12)14-5-7-2-1-3-8(19)4-7/h6-8,19H,1-5H2,(H2,14,15,16,17,18). The summed E-state index contributed by atoms with van der Waals surface area (Å²) in [6, 6.07) is 0. The number of aliphatic hydroxyl groups is 1. The highest BCUT2D eigenvalue weighted by molar-refractivity contribution is 6.28. The molecule has 0 spiro atoms. The van der Waals surface area contributed by atoms with Gasteiger partial charge in [0.2, 0.25) is 5.28 Å². The summed E-state index contributed by atoms with van der Waals surface area (Å²) in [5.41, 5.74) is 0.631. The van der Waals surface area contributed by atoms with E-state index in [4.69, 9.17) is 11.6 Å². The molecule has 1 saturated carbocycles. The molecule has 1 aliphatic rings. The van der Waals surface area contributed by atoms with Crippen molar-refractivity contribution in [3.63, 3.8) is 0 Å². The Labute approximate surface area is 115 Å². The third-order valence-corrected chi connectivity index (χ3v) is 3.76. The molecular formula is C12H16ClN5O. The fourth-order valence-corrected chi connectivity index (χ4v) is 2.80. The molecule has 2 atom stereocenters. The topological polar surface area (TPSA) is 86.7 Å². The average molecular weight is 282 g/mol. The van der Waals surface area contributed by atoms with Crippen molar-refractivity contribution >= 4 is 28.5 Å². The molecule has 0 bridgehead atoms. The van der Waals surface area contributed by atoms with E-state index in [-0.39, 0.29) is 11.4 Å². The van der Waals surface area contributed by atoms with Crippen molar-refractivity contribution < 1.29 is 5.11 Å². The number of hydrogen-bond acceptors (Lipinski definition) is 5. The Bertz CT molecular complexity index is 572. The highest BCUT2D eigenvalue weighted by atomic mass is 35.5. The van der Waals surface area contributed by atoms with Crippen LogP contribution < -0.4 is 5.32 Å². The SMILES string of the molecule is OC1CCCC(CNc2nc(Cl)nc3[nH]ncc23)C1. The van der Waals surface area contributed by atoms with Crippen LogP contribution in [0.2, 0.25) is 5.28 Å². The Hall–Kier alpha value is -1.40. The van der Waals surface area contributed by atoms with Gasteiger partial charge >= 0.3 is 0 Å². The maximum Gasteiger partial charge on any atom is 0.226 e. The molecule has 0 amide bonds. The molecule has 0 radical (unpaired) electrons. The van der Waals surface area contributed by atoms with Crippen molar-refractivity contribution in [3.05, 3.63) is 11.5 Å². The second-order valence-corrected chi connectivity index (χ2v) is 5.38. The number of anilines is 1. The van der Waals surface area contributed by atoms with Gasteiger partial charge in [0.05, 0.1) is 17.7 Å². The monoisotopic (exact) mass is 281 g/mol. The fourth-order valence-electron chi connectivity index (χ4n) is 2.63. The van der Waals surface area contributed by atoms with Gasteiger partial charge in [0.25, 0.3) is 0 Å². The summed E-state index contributed by atoms with van der Waals surface area (Å²) < 4.78 is 0. The third kappa shape index (κ3) is 2.79. The van der Waals surface area contributed by atoms with Gasteiger partial charge in [-0.1, -0.05) is 6.42 Å². The Morgan fingerprint density at radius 1 is 1.42 bits per heavy atom. The number of hydrogen-bond donors (Lipinski definition) is 3. The molecule has 3 N–H and O–H groups in total. The van der Waals surface area contributed by atoms with Crippen LogP contribution in [0.4, 0.5) is 5.82 Å². The van der Waals surface area contributed by atoms with Gasteiger partial charge < -0.3 is 10.4 Å². The lowest BCUT2D eigenvalue weighted by molar-refractivity contribution is 0.104. The van der Waals surface area contributed by atoms with Gasteiger partial charge in [0, 0.05) is 6.54 Å². The van der Waals surface area contributed by atoms with Crippen LogP contribution in [0.15, 0.2) is 6.20 Å². The number of fused-ring (bicyclic) bond motifs is 1. The largest absolute Gasteiger partial charge is 0.393 e. The Kier molecular flexibility index (Phi) is 3.52. The first kappa shape index (κ1) is 12.6. The zero-order chi connectivity index (χ0) is 13.2. The van der Waals surface area contributed by atoms with Gasteiger partial charge in [-0.15, -0.1) is 0 Å². The number of halogens is 1. The molecule has 2 aromatic heterocycles. The summed E-state index contributed by atoms with van der Waals surface area (Å²) in [7, 11) is 0. The molecular weight excluding hydrogens is 266 g/mol. The number of H-pyrrole nitrogens is 1. The zero-order valence-corrected chi connectivity index (χ0v) is 11.2. The Morgan fingerprint density at radius 3 is 3.16 bits per heavy atom. The van der Waals surface area contributed by atoms with Crippen molar-refractivity contribution in [2.75, 3.05) is 11.9 Å². The predicted octanol–water partition coefficient (Wildman–Crippen LogP) is 1.97. The summed E-state index contributed by atoms with van der Waals surface area (Å²) in [6.45, 7) is 0.782. The minimum atomic E-state index is -0.163. The second kappa shape index (κ2) is 5.30. The quantitative estimate of drug-likeness (QED) is 0.749. The van der Waals surface area contributed by atoms with Crippen molar-refractivity contribution in [1.29, 1.82) is 0 Å². The molecule has 2 aromatic rings. The third-order valence-electron chi connectivity index (χ3n) is 3.60. The van der Waals surface area contributed by atoms with E-state index >= 15 is 0 Å². The highest BCUT2D eigenvalue weighted by Crippen LogP contribution is 2.26. The minimum absolute atomic E-state index is 0.163. The lowest BCUT2D eigenvalue weighted by atomic mass is 9.87. The smallest absolute Gasteiger partial charge is 0.226 e. The summed E-state index contributed by atoms with van der Waals surface area (Å²) in [5.74, 6) is 1.17. The molecule has 7 heteroatoms. The normalized spacial score (nSPS) is 23.7. The van der Waals surface area contributed by atoms with Crippen LogP contribution in [0.5, 0.6) is 0 Å². The van der Waals surface area contributed by atoms with Gasteiger partial charge in [-0.25, -0.2) is 0 Å². The molecule has 2 unspecified atom stereocenters. The maximum atomic E-state index is 9.67. The van der Waals surface area contributed by atoms with E-state index in [1.807, 2.05) is 0 Å². The highest BCUT2D eigenvalue weighted by Gasteiger charge is 2.20. The fraction of sp³-hybridized carbons (Fsp3) is 0.583. The van der Waals surface area contributed by atoms with E-state index in [2.05, 4.69) is 25.5 Å². The van der Waals surface area contributed by atoms with E-state index in [1.54, 1.807) is 6.20 Å². The lowest BCUT2D eigenvalue weighted by Crippen LogP contribution is -2.25. The van der Waals surface area contributed by atoms with E-state index < -0.39 is 0 Å². The number of aromatic nitrogens is 4. The number of nitrogens with zero attached hydrogens (tertiary/aromatic N) is 3. The summed E-state index contributed by atoms with van der Waals surface area (Å²) in [4.78, 5) is 8.26. The molecule has 1 aliphatic carbocycles. The molecule has 0 aromatic carbocycles. The number of nitrogens with one attached hydrogen (secondary N) is 2. The van der Waals surface area contributed by atoms with Crippen LogP contribution in [0.25, 0.3) is 11.0 Å². The number of rotatable bonds is 3. The second-order valence-electron chi connectivity index (χ2n) is 5.04. The predicted molar refractivity (Wildman–Crippen MR) is 73.1 cm³/mol. The summed E-state index contributed by atoms with van der Waals surface area (Å²) in [5, 5.41) is 20.7. The van der Waals surface area contributed by atoms with Crippen LogP contribution >= 0.6 is 11.6 Å². The average Bonchev–Trinajstić information content (AvgIpc) is 2.84. The van der Waals surface area contributed by atoms with Crippen molar-refractivity contribution in [1.82, 2.24) is 20.2 Å². The van der Waals surface area contributed by atoms with Gasteiger partial charge in [-0.05, 0) is 36.8 Å². The van der Waals surface area contributed by atoms with Crippen LogP contribution in [0, 0.1) is 5.92 Å². The van der Waals surface area contributed by atoms with Gasteiger partial charge in [0.1, 0.15) is 5.82 Å². The molecule has 0 aliphatic heterocycles. The first-order valence-electron chi connectivity index (χ1n) is 6.51. The molecule has 2 heterocycles. The molecule has 102 valence electrons. The first-order valence-corrected chi connectivity index (χ1v) is 6.88. The summed E-state index contributed by atoms with van der Waals surface area (Å²) in [6.07, 6.45) is 5.51. The van der Waals surface area contributed by atoms with E-state index in [1.165, 1.54) is 0 Å². The van der Waals surface area contributed by atoms with Crippen LogP contribution in [0.1, 0.15) is 25.7 Å². The van der Waals surface area contributed by atoms with E-state index in [0.717, 1.165) is 37.6 Å². The number of aromatic amines is 1. The van der Waals surface area contributed by atoms with Crippen molar-refractivity contribution in [3.8, 4) is 0 Å². The Morgan fingerprint density at radius 2 is 2.32 bits per heavy atom. The van der Waals surface area contributed by atoms with Gasteiger partial charge in [-0.3, -0.25) is 5.10 Å². The lowest BCUT2D eigenvalue weighted by Gasteiger charge is -2.26. The maximum absolute atomic E-state index is 9.67. The number of aliphatic hydroxyl groups excluding tert-OH is 1. The first-order chi connectivity index (χ1) is 9.22.